The molecule has 0 aliphatic heterocycles. The van der Waals surface area contributed by atoms with E-state index in [-0.39, 0.29) is 0 Å². The number of ether oxygens (including phenoxy) is 1. The van der Waals surface area contributed by atoms with Gasteiger partial charge in [-0.2, -0.15) is 0 Å². The highest BCUT2D eigenvalue weighted by Gasteiger charge is 2.14. The molecular weight excluding hydrogens is 262 g/mol. The van der Waals surface area contributed by atoms with Crippen molar-refractivity contribution >= 4 is 10.0 Å². The van der Waals surface area contributed by atoms with E-state index in [4.69, 9.17) is 9.88 Å². The third-order valence-electron chi connectivity index (χ3n) is 3.31. The molecule has 19 heavy (non-hydrogen) atoms. The summed E-state index contributed by atoms with van der Waals surface area (Å²) in [6, 6.07) is 0. The quantitative estimate of drug-likeness (QED) is 0.528. The summed E-state index contributed by atoms with van der Waals surface area (Å²) in [5, 5.41) is 4.96. The third kappa shape index (κ3) is 12.6. The van der Waals surface area contributed by atoms with E-state index in [1.165, 1.54) is 58.3 Å². The zero-order valence-electron chi connectivity index (χ0n) is 12.6. The lowest BCUT2D eigenvalue weighted by Crippen LogP contribution is -2.28. The number of rotatable bonds is 13. The minimum absolute atomic E-state index is 0.480. The molecule has 116 valence electrons. The summed E-state index contributed by atoms with van der Waals surface area (Å²) < 4.78 is 27.0. The molecule has 0 aromatic carbocycles. The summed E-state index contributed by atoms with van der Waals surface area (Å²) in [7, 11) is -3.54. The Balaban J connectivity index is 3.19. The Kier molecular flexibility index (Phi) is 11.6. The highest BCUT2D eigenvalue weighted by Crippen LogP contribution is 2.10. The van der Waals surface area contributed by atoms with Crippen molar-refractivity contribution in [2.24, 2.45) is 5.14 Å². The molecule has 0 saturated carbocycles. The predicted octanol–water partition coefficient (Wildman–Crippen LogP) is 3.56. The molecule has 5 heteroatoms. The van der Waals surface area contributed by atoms with E-state index < -0.39 is 15.5 Å². The van der Waals surface area contributed by atoms with Crippen LogP contribution >= 0.6 is 0 Å². The lowest BCUT2D eigenvalue weighted by atomic mass is 10.1. The second-order valence-electron chi connectivity index (χ2n) is 5.21. The van der Waals surface area contributed by atoms with Gasteiger partial charge in [0.05, 0.1) is 0 Å². The fourth-order valence-corrected chi connectivity index (χ4v) is 2.22. The molecule has 0 bridgehead atoms. The second-order valence-corrected chi connectivity index (χ2v) is 7.05. The van der Waals surface area contributed by atoms with Crippen LogP contribution in [-0.2, 0) is 14.8 Å². The van der Waals surface area contributed by atoms with Gasteiger partial charge in [0, 0.05) is 6.61 Å². The van der Waals surface area contributed by atoms with Gasteiger partial charge in [0.15, 0.2) is 5.44 Å². The monoisotopic (exact) mass is 293 g/mol. The van der Waals surface area contributed by atoms with Crippen LogP contribution in [-0.4, -0.2) is 20.5 Å². The van der Waals surface area contributed by atoms with Gasteiger partial charge in [0.2, 0.25) is 10.0 Å². The molecule has 0 aliphatic carbocycles. The first kappa shape index (κ1) is 18.9. The molecule has 0 saturated heterocycles. The number of sulfonamides is 1. The van der Waals surface area contributed by atoms with Crippen LogP contribution in [0.1, 0.15) is 78.1 Å². The molecule has 0 amide bonds. The highest BCUT2D eigenvalue weighted by molar-refractivity contribution is 7.89. The van der Waals surface area contributed by atoms with E-state index in [1.54, 1.807) is 0 Å². The van der Waals surface area contributed by atoms with Gasteiger partial charge >= 0.3 is 0 Å². The predicted molar refractivity (Wildman–Crippen MR) is 80.4 cm³/mol. The molecule has 0 rings (SSSR count). The van der Waals surface area contributed by atoms with E-state index >= 15 is 0 Å². The van der Waals surface area contributed by atoms with Crippen LogP contribution in [0.2, 0.25) is 0 Å². The number of unbranched alkanes of at least 4 members (excludes halogenated alkanes) is 9. The molecule has 0 fully saturated rings. The van der Waals surface area contributed by atoms with Gasteiger partial charge in [-0.05, 0) is 13.3 Å². The van der Waals surface area contributed by atoms with Gasteiger partial charge in [-0.3, -0.25) is 0 Å². The summed E-state index contributed by atoms with van der Waals surface area (Å²) >= 11 is 0. The number of primary sulfonamides is 1. The first-order chi connectivity index (χ1) is 8.98. The van der Waals surface area contributed by atoms with Crippen LogP contribution in [0.5, 0.6) is 0 Å². The van der Waals surface area contributed by atoms with Crippen molar-refractivity contribution in [1.82, 2.24) is 0 Å². The van der Waals surface area contributed by atoms with Crippen LogP contribution in [0.25, 0.3) is 0 Å². The molecule has 0 radical (unpaired) electrons. The average Bonchev–Trinajstić information content (AvgIpc) is 2.34. The maximum absolute atomic E-state index is 10.9. The minimum atomic E-state index is -3.54. The number of hydrogen-bond donors (Lipinski definition) is 1. The Bertz CT molecular complexity index is 291. The topological polar surface area (TPSA) is 69.4 Å². The van der Waals surface area contributed by atoms with Crippen molar-refractivity contribution in [2.45, 2.75) is 83.5 Å². The second kappa shape index (κ2) is 11.7. The Hall–Kier alpha value is -0.130. The summed E-state index contributed by atoms with van der Waals surface area (Å²) in [6.07, 6.45) is 12.6. The summed E-state index contributed by atoms with van der Waals surface area (Å²) in [5.74, 6) is 0. The Morgan fingerprint density at radius 3 is 1.74 bits per heavy atom. The largest absolute Gasteiger partial charge is 0.361 e. The van der Waals surface area contributed by atoms with Gasteiger partial charge in [0.25, 0.3) is 0 Å². The fraction of sp³-hybridized carbons (Fsp3) is 1.00. The van der Waals surface area contributed by atoms with Crippen LogP contribution < -0.4 is 5.14 Å². The van der Waals surface area contributed by atoms with Gasteiger partial charge < -0.3 is 4.74 Å². The molecule has 0 aliphatic rings. The van der Waals surface area contributed by atoms with Crippen molar-refractivity contribution in [1.29, 1.82) is 0 Å². The maximum atomic E-state index is 10.9. The number of hydrogen-bond acceptors (Lipinski definition) is 3. The van der Waals surface area contributed by atoms with Crippen LogP contribution in [0.4, 0.5) is 0 Å². The van der Waals surface area contributed by atoms with Crippen molar-refractivity contribution < 1.29 is 13.2 Å². The highest BCUT2D eigenvalue weighted by atomic mass is 32.2. The molecule has 0 aromatic heterocycles. The Morgan fingerprint density at radius 1 is 0.895 bits per heavy atom. The normalized spacial score (nSPS) is 13.6. The van der Waals surface area contributed by atoms with Crippen LogP contribution in [0.3, 0.4) is 0 Å². The smallest absolute Gasteiger partial charge is 0.235 e. The molecule has 0 heterocycles. The Morgan fingerprint density at radius 2 is 1.32 bits per heavy atom. The van der Waals surface area contributed by atoms with Crippen LogP contribution in [0.15, 0.2) is 0 Å². The average molecular weight is 293 g/mol. The van der Waals surface area contributed by atoms with E-state index in [1.807, 2.05) is 0 Å². The fourth-order valence-electron chi connectivity index (χ4n) is 1.93. The van der Waals surface area contributed by atoms with Crippen LogP contribution in [0, 0.1) is 0 Å². The molecule has 0 spiro atoms. The molecule has 2 N–H and O–H groups in total. The first-order valence-corrected chi connectivity index (χ1v) is 9.22. The van der Waals surface area contributed by atoms with Crippen molar-refractivity contribution in [3.8, 4) is 0 Å². The third-order valence-corrected chi connectivity index (χ3v) is 4.37. The Labute approximate surface area is 119 Å². The summed E-state index contributed by atoms with van der Waals surface area (Å²) in [6.45, 7) is 4.19. The maximum Gasteiger partial charge on any atom is 0.235 e. The lowest BCUT2D eigenvalue weighted by Gasteiger charge is -2.10. The van der Waals surface area contributed by atoms with Gasteiger partial charge in [-0.15, -0.1) is 0 Å². The SMILES string of the molecule is CCCCCCCCCCCCOC(C)S(N)(=O)=O. The summed E-state index contributed by atoms with van der Waals surface area (Å²) in [4.78, 5) is 0. The van der Waals surface area contributed by atoms with E-state index in [9.17, 15) is 8.42 Å². The zero-order valence-corrected chi connectivity index (χ0v) is 13.4. The van der Waals surface area contributed by atoms with Gasteiger partial charge in [0.1, 0.15) is 0 Å². The van der Waals surface area contributed by atoms with Gasteiger partial charge in [-0.1, -0.05) is 64.7 Å². The molecule has 1 unspecified atom stereocenters. The van der Waals surface area contributed by atoms with Crippen molar-refractivity contribution in [3.63, 3.8) is 0 Å². The lowest BCUT2D eigenvalue weighted by molar-refractivity contribution is 0.113. The van der Waals surface area contributed by atoms with E-state index in [0.717, 1.165) is 12.8 Å². The standard InChI is InChI=1S/C14H31NO3S/c1-3-4-5-6-7-8-9-10-11-12-13-18-14(2)19(15,16)17/h14H,3-13H2,1-2H3,(H2,15,16,17). The van der Waals surface area contributed by atoms with E-state index in [0.29, 0.717) is 6.61 Å². The minimum Gasteiger partial charge on any atom is -0.361 e. The summed E-state index contributed by atoms with van der Waals surface area (Å²) in [5.41, 5.74) is -0.883. The van der Waals surface area contributed by atoms with Crippen molar-refractivity contribution in [3.05, 3.63) is 0 Å². The van der Waals surface area contributed by atoms with Crippen molar-refractivity contribution in [2.75, 3.05) is 6.61 Å². The first-order valence-electron chi connectivity index (χ1n) is 7.61. The molecule has 1 atom stereocenters. The van der Waals surface area contributed by atoms with E-state index in [2.05, 4.69) is 6.92 Å². The number of nitrogens with two attached hydrogens (primary N) is 1. The zero-order chi connectivity index (χ0) is 14.6. The van der Waals surface area contributed by atoms with Gasteiger partial charge in [-0.25, -0.2) is 13.6 Å². The molecule has 0 aromatic rings. The molecule has 4 nitrogen and oxygen atoms in total. The molecular formula is C14H31NO3S.